The molecular formula is C14H18N6O. The zero-order chi connectivity index (χ0) is 15.0. The average molecular weight is 286 g/mol. The van der Waals surface area contributed by atoms with Crippen molar-refractivity contribution in [3.63, 3.8) is 0 Å². The second-order valence-electron chi connectivity index (χ2n) is 5.30. The van der Waals surface area contributed by atoms with Crippen LogP contribution in [0.2, 0.25) is 0 Å². The Hall–Kier alpha value is -2.44. The normalized spacial score (nSPS) is 12.8. The van der Waals surface area contributed by atoms with Crippen LogP contribution in [0.5, 0.6) is 0 Å². The van der Waals surface area contributed by atoms with Crippen molar-refractivity contribution in [2.45, 2.75) is 40.2 Å². The first-order valence-corrected chi connectivity index (χ1v) is 6.90. The first-order chi connectivity index (χ1) is 10.0. The smallest absolute Gasteiger partial charge is 0.252 e. The minimum atomic E-state index is 0.169. The maximum absolute atomic E-state index is 5.47. The van der Waals surface area contributed by atoms with Gasteiger partial charge in [0.15, 0.2) is 17.2 Å². The van der Waals surface area contributed by atoms with E-state index in [1.807, 2.05) is 19.9 Å². The molecule has 1 atom stereocenters. The number of H-pyrrole nitrogens is 1. The van der Waals surface area contributed by atoms with Crippen molar-refractivity contribution < 1.29 is 4.42 Å². The third kappa shape index (κ3) is 2.86. The van der Waals surface area contributed by atoms with Crippen LogP contribution < -0.4 is 5.32 Å². The Morgan fingerprint density at radius 2 is 2.05 bits per heavy atom. The fourth-order valence-electron chi connectivity index (χ4n) is 2.31. The first-order valence-electron chi connectivity index (χ1n) is 6.90. The lowest BCUT2D eigenvalue weighted by molar-refractivity contribution is 0.550. The molecule has 0 fully saturated rings. The number of anilines is 1. The van der Waals surface area contributed by atoms with Gasteiger partial charge in [0.25, 0.3) is 5.71 Å². The molecule has 3 aromatic rings. The maximum Gasteiger partial charge on any atom is 0.252 e. The molecule has 0 amide bonds. The number of aromatic amines is 1. The summed E-state index contributed by atoms with van der Waals surface area (Å²) in [5, 5.41) is 10.6. The van der Waals surface area contributed by atoms with Gasteiger partial charge in [-0.15, -0.1) is 0 Å². The molecule has 7 heteroatoms. The predicted octanol–water partition coefficient (Wildman–Crippen LogP) is 2.31. The van der Waals surface area contributed by atoms with Gasteiger partial charge in [0.2, 0.25) is 0 Å². The van der Waals surface area contributed by atoms with Crippen molar-refractivity contribution in [3.05, 3.63) is 29.2 Å². The first kappa shape index (κ1) is 13.5. The molecule has 7 nitrogen and oxygen atoms in total. The molecule has 0 saturated heterocycles. The van der Waals surface area contributed by atoms with Crippen molar-refractivity contribution in [3.8, 4) is 0 Å². The third-order valence-corrected chi connectivity index (χ3v) is 3.13. The van der Waals surface area contributed by atoms with Gasteiger partial charge < -0.3 is 9.73 Å². The number of oxazole rings is 1. The van der Waals surface area contributed by atoms with Crippen LogP contribution in [0.1, 0.15) is 30.0 Å². The Balaban J connectivity index is 1.83. The molecule has 0 aliphatic heterocycles. The Bertz CT molecular complexity index is 775. The summed E-state index contributed by atoms with van der Waals surface area (Å²) < 4.78 is 5.47. The number of fused-ring (bicyclic) bond motifs is 1. The van der Waals surface area contributed by atoms with Crippen molar-refractivity contribution in [1.82, 2.24) is 25.1 Å². The topological polar surface area (TPSA) is 92.5 Å². The highest BCUT2D eigenvalue weighted by Gasteiger charge is 2.14. The molecule has 1 unspecified atom stereocenters. The van der Waals surface area contributed by atoms with Crippen LogP contribution in [0.25, 0.3) is 11.2 Å². The number of hydrogen-bond donors (Lipinski definition) is 2. The van der Waals surface area contributed by atoms with E-state index < -0.39 is 0 Å². The molecule has 0 aliphatic carbocycles. The van der Waals surface area contributed by atoms with Crippen LogP contribution in [0.4, 0.5) is 5.82 Å². The van der Waals surface area contributed by atoms with Gasteiger partial charge in [-0.2, -0.15) is 10.1 Å². The lowest BCUT2D eigenvalue weighted by Crippen LogP contribution is -2.19. The Morgan fingerprint density at radius 1 is 1.24 bits per heavy atom. The minimum absolute atomic E-state index is 0.169. The summed E-state index contributed by atoms with van der Waals surface area (Å²) in [6.07, 6.45) is 0.797. The minimum Gasteiger partial charge on any atom is -0.422 e. The van der Waals surface area contributed by atoms with Crippen molar-refractivity contribution in [1.29, 1.82) is 0 Å². The lowest BCUT2D eigenvalue weighted by atomic mass is 10.2. The van der Waals surface area contributed by atoms with Crippen LogP contribution in [0, 0.1) is 20.8 Å². The van der Waals surface area contributed by atoms with Gasteiger partial charge in [0.05, 0.1) is 5.69 Å². The van der Waals surface area contributed by atoms with Gasteiger partial charge in [0.1, 0.15) is 5.82 Å². The van der Waals surface area contributed by atoms with E-state index in [1.165, 1.54) is 0 Å². The van der Waals surface area contributed by atoms with E-state index in [1.54, 1.807) is 6.92 Å². The second kappa shape index (κ2) is 5.16. The second-order valence-corrected chi connectivity index (χ2v) is 5.30. The van der Waals surface area contributed by atoms with E-state index in [-0.39, 0.29) is 6.04 Å². The average Bonchev–Trinajstić information content (AvgIpc) is 2.94. The number of nitrogens with one attached hydrogen (secondary N) is 2. The predicted molar refractivity (Wildman–Crippen MR) is 79.2 cm³/mol. The van der Waals surface area contributed by atoms with Gasteiger partial charge in [-0.05, 0) is 26.8 Å². The summed E-state index contributed by atoms with van der Waals surface area (Å²) in [7, 11) is 0. The molecule has 3 aromatic heterocycles. The molecule has 3 rings (SSSR count). The van der Waals surface area contributed by atoms with E-state index in [4.69, 9.17) is 4.42 Å². The molecule has 3 heterocycles. The number of hydrogen-bond acceptors (Lipinski definition) is 6. The molecular weight excluding hydrogens is 268 g/mol. The third-order valence-electron chi connectivity index (χ3n) is 3.13. The van der Waals surface area contributed by atoms with E-state index in [9.17, 15) is 0 Å². The number of nitrogens with zero attached hydrogens (tertiary/aromatic N) is 4. The van der Waals surface area contributed by atoms with Crippen molar-refractivity contribution in [2.75, 3.05) is 5.32 Å². The largest absolute Gasteiger partial charge is 0.422 e. The molecule has 21 heavy (non-hydrogen) atoms. The molecule has 2 N–H and O–H groups in total. The highest BCUT2D eigenvalue weighted by atomic mass is 16.4. The molecule has 0 aromatic carbocycles. The Kier molecular flexibility index (Phi) is 3.32. The maximum atomic E-state index is 5.47. The zero-order valence-electron chi connectivity index (χ0n) is 12.6. The number of aryl methyl sites for hydroxylation is 3. The summed E-state index contributed by atoms with van der Waals surface area (Å²) >= 11 is 0. The van der Waals surface area contributed by atoms with E-state index >= 15 is 0 Å². The molecule has 0 saturated carbocycles. The number of rotatable bonds is 4. The monoisotopic (exact) mass is 286 g/mol. The summed E-state index contributed by atoms with van der Waals surface area (Å²) in [4.78, 5) is 13.0. The van der Waals surface area contributed by atoms with Gasteiger partial charge in [-0.1, -0.05) is 0 Å². The van der Waals surface area contributed by atoms with E-state index in [2.05, 4.69) is 37.4 Å². The molecule has 0 bridgehead atoms. The van der Waals surface area contributed by atoms with Crippen molar-refractivity contribution in [2.24, 2.45) is 0 Å². The van der Waals surface area contributed by atoms with Gasteiger partial charge in [-0.3, -0.25) is 5.10 Å². The van der Waals surface area contributed by atoms with Gasteiger partial charge >= 0.3 is 0 Å². The molecule has 110 valence electrons. The summed E-state index contributed by atoms with van der Waals surface area (Å²) in [6.45, 7) is 7.71. The summed E-state index contributed by atoms with van der Waals surface area (Å²) in [5.41, 5.74) is 3.27. The quantitative estimate of drug-likeness (QED) is 0.764. The van der Waals surface area contributed by atoms with Crippen LogP contribution in [-0.2, 0) is 6.42 Å². The molecule has 0 aliphatic rings. The highest BCUT2D eigenvalue weighted by Crippen LogP contribution is 2.21. The van der Waals surface area contributed by atoms with Crippen LogP contribution in [-0.4, -0.2) is 31.2 Å². The lowest BCUT2D eigenvalue weighted by Gasteiger charge is -2.13. The molecule has 0 radical (unpaired) electrons. The van der Waals surface area contributed by atoms with Crippen LogP contribution in [0.15, 0.2) is 10.5 Å². The van der Waals surface area contributed by atoms with E-state index in [0.717, 1.165) is 17.8 Å². The van der Waals surface area contributed by atoms with Gasteiger partial charge in [-0.25, -0.2) is 9.97 Å². The standard InChI is InChI=1S/C14H18N6O/c1-7(5-11-6-8(2)19-20-11)15-13-12-14(17-9(3)16-13)21-10(4)18-12/h6-7H,5H2,1-4H3,(H,19,20)(H,15,16,17). The van der Waals surface area contributed by atoms with Crippen molar-refractivity contribution >= 4 is 17.0 Å². The summed E-state index contributed by atoms with van der Waals surface area (Å²) in [6, 6.07) is 2.21. The summed E-state index contributed by atoms with van der Waals surface area (Å²) in [5.74, 6) is 1.95. The molecule has 0 spiro atoms. The fraction of sp³-hybridized carbons (Fsp3) is 0.429. The van der Waals surface area contributed by atoms with E-state index in [0.29, 0.717) is 28.8 Å². The fourth-order valence-corrected chi connectivity index (χ4v) is 2.31. The zero-order valence-corrected chi connectivity index (χ0v) is 12.6. The number of aromatic nitrogens is 5. The Morgan fingerprint density at radius 3 is 2.76 bits per heavy atom. The van der Waals surface area contributed by atoms with Gasteiger partial charge in [0, 0.05) is 25.1 Å². The SMILES string of the molecule is Cc1nc(NC(C)Cc2cc(C)[nH]n2)c2nc(C)oc2n1. The highest BCUT2D eigenvalue weighted by molar-refractivity contribution is 5.81. The van der Waals surface area contributed by atoms with Crippen LogP contribution >= 0.6 is 0 Å². The van der Waals surface area contributed by atoms with Crippen LogP contribution in [0.3, 0.4) is 0 Å². The Labute approximate surface area is 122 Å².